The number of carbonyl (C=O) groups excluding carboxylic acids is 1. The number of halogens is 1. The third-order valence-electron chi connectivity index (χ3n) is 3.19. The maximum Gasteiger partial charge on any atom is 0.221 e. The van der Waals surface area contributed by atoms with Crippen LogP contribution in [0, 0.1) is 0 Å². The number of rotatable bonds is 4. The van der Waals surface area contributed by atoms with Gasteiger partial charge in [0, 0.05) is 16.5 Å². The Balaban J connectivity index is 2.26. The summed E-state index contributed by atoms with van der Waals surface area (Å²) in [5, 5.41) is 3.05. The van der Waals surface area contributed by atoms with Gasteiger partial charge in [0.05, 0.1) is 13.2 Å². The molecular weight excluding hydrogens is 314 g/mol. The molecule has 0 spiro atoms. The number of methoxy groups -OCH3 is 1. The van der Waals surface area contributed by atoms with E-state index in [0.717, 1.165) is 28.6 Å². The average molecular weight is 330 g/mol. The standard InChI is InChI=1S/C13H16BrNO2S/c1-17-11-5-3-9(14)8-2-4-10(13(8)11)15-12(16)6-7-18/h3,5,10,18H,2,4,6-7H2,1H3,(H,15,16). The van der Waals surface area contributed by atoms with E-state index in [1.54, 1.807) is 7.11 Å². The molecule has 0 saturated heterocycles. The maximum atomic E-state index is 11.7. The summed E-state index contributed by atoms with van der Waals surface area (Å²) in [5.41, 5.74) is 2.35. The second-order valence-electron chi connectivity index (χ2n) is 4.27. The second kappa shape index (κ2) is 5.97. The highest BCUT2D eigenvalue weighted by atomic mass is 79.9. The quantitative estimate of drug-likeness (QED) is 0.833. The first-order chi connectivity index (χ1) is 8.67. The van der Waals surface area contributed by atoms with E-state index in [-0.39, 0.29) is 11.9 Å². The van der Waals surface area contributed by atoms with Gasteiger partial charge in [0.2, 0.25) is 5.91 Å². The van der Waals surface area contributed by atoms with Crippen LogP contribution in [0.15, 0.2) is 16.6 Å². The summed E-state index contributed by atoms with van der Waals surface area (Å²) in [5.74, 6) is 1.47. The number of ether oxygens (including phenoxy) is 1. The van der Waals surface area contributed by atoms with Crippen molar-refractivity contribution in [1.29, 1.82) is 0 Å². The third-order valence-corrected chi connectivity index (χ3v) is 4.15. The van der Waals surface area contributed by atoms with E-state index in [1.165, 1.54) is 5.56 Å². The lowest BCUT2D eigenvalue weighted by atomic mass is 10.1. The molecule has 1 unspecified atom stereocenters. The molecule has 0 radical (unpaired) electrons. The lowest BCUT2D eigenvalue weighted by Gasteiger charge is -2.17. The van der Waals surface area contributed by atoms with Gasteiger partial charge >= 0.3 is 0 Å². The molecule has 1 N–H and O–H groups in total. The SMILES string of the molecule is COc1ccc(Br)c2c1C(NC(=O)CCS)CC2. The summed E-state index contributed by atoms with van der Waals surface area (Å²) < 4.78 is 6.48. The van der Waals surface area contributed by atoms with Crippen molar-refractivity contribution in [3.05, 3.63) is 27.7 Å². The summed E-state index contributed by atoms with van der Waals surface area (Å²) in [6.45, 7) is 0. The first kappa shape index (κ1) is 13.7. The molecular formula is C13H16BrNO2S. The molecule has 1 amide bonds. The molecule has 0 aromatic heterocycles. The zero-order chi connectivity index (χ0) is 13.1. The molecule has 1 atom stereocenters. The zero-order valence-electron chi connectivity index (χ0n) is 10.2. The fourth-order valence-electron chi connectivity index (χ4n) is 2.38. The number of hydrogen-bond donors (Lipinski definition) is 2. The highest BCUT2D eigenvalue weighted by molar-refractivity contribution is 9.10. The fraction of sp³-hybridized carbons (Fsp3) is 0.462. The molecule has 5 heteroatoms. The smallest absolute Gasteiger partial charge is 0.221 e. The Kier molecular flexibility index (Phi) is 4.56. The highest BCUT2D eigenvalue weighted by Gasteiger charge is 2.28. The lowest BCUT2D eigenvalue weighted by Crippen LogP contribution is -2.27. The van der Waals surface area contributed by atoms with Gasteiger partial charge < -0.3 is 10.1 Å². The van der Waals surface area contributed by atoms with Gasteiger partial charge in [-0.2, -0.15) is 12.6 Å². The van der Waals surface area contributed by atoms with Crippen LogP contribution in [0.25, 0.3) is 0 Å². The topological polar surface area (TPSA) is 38.3 Å². The molecule has 18 heavy (non-hydrogen) atoms. The maximum absolute atomic E-state index is 11.7. The first-order valence-corrected chi connectivity index (χ1v) is 7.35. The Morgan fingerprint density at radius 1 is 1.61 bits per heavy atom. The molecule has 3 nitrogen and oxygen atoms in total. The largest absolute Gasteiger partial charge is 0.496 e. The minimum absolute atomic E-state index is 0.0462. The molecule has 0 bridgehead atoms. The number of hydrogen-bond acceptors (Lipinski definition) is 3. The predicted octanol–water partition coefficient (Wildman–Crippen LogP) is 2.88. The predicted molar refractivity (Wildman–Crippen MR) is 78.4 cm³/mol. The van der Waals surface area contributed by atoms with Crippen LogP contribution in [-0.2, 0) is 11.2 Å². The molecule has 0 saturated carbocycles. The van der Waals surface area contributed by atoms with E-state index in [1.807, 2.05) is 12.1 Å². The van der Waals surface area contributed by atoms with Crippen LogP contribution < -0.4 is 10.1 Å². The monoisotopic (exact) mass is 329 g/mol. The van der Waals surface area contributed by atoms with E-state index in [9.17, 15) is 4.79 Å². The molecule has 1 aromatic carbocycles. The number of benzene rings is 1. The van der Waals surface area contributed by atoms with Crippen molar-refractivity contribution < 1.29 is 9.53 Å². The average Bonchev–Trinajstić information content (AvgIpc) is 2.75. The third kappa shape index (κ3) is 2.67. The summed E-state index contributed by atoms with van der Waals surface area (Å²) in [4.78, 5) is 11.7. The minimum atomic E-state index is 0.0462. The van der Waals surface area contributed by atoms with Crippen LogP contribution in [0.4, 0.5) is 0 Å². The normalized spacial score (nSPS) is 17.4. The molecule has 98 valence electrons. The van der Waals surface area contributed by atoms with E-state index < -0.39 is 0 Å². The number of nitrogens with one attached hydrogen (secondary N) is 1. The van der Waals surface area contributed by atoms with Crippen LogP contribution >= 0.6 is 28.6 Å². The first-order valence-electron chi connectivity index (χ1n) is 5.93. The Morgan fingerprint density at radius 2 is 2.39 bits per heavy atom. The van der Waals surface area contributed by atoms with Gasteiger partial charge in [0.15, 0.2) is 0 Å². The summed E-state index contributed by atoms with van der Waals surface area (Å²) in [6, 6.07) is 3.99. The van der Waals surface area contributed by atoms with Gasteiger partial charge in [-0.15, -0.1) is 0 Å². The Bertz CT molecular complexity index is 465. The van der Waals surface area contributed by atoms with Gasteiger partial charge in [-0.3, -0.25) is 4.79 Å². The Morgan fingerprint density at radius 3 is 3.06 bits per heavy atom. The van der Waals surface area contributed by atoms with Gasteiger partial charge in [0.1, 0.15) is 5.75 Å². The summed E-state index contributed by atoms with van der Waals surface area (Å²) in [7, 11) is 1.66. The van der Waals surface area contributed by atoms with Crippen molar-refractivity contribution in [1.82, 2.24) is 5.32 Å². The van der Waals surface area contributed by atoms with E-state index in [2.05, 4.69) is 33.9 Å². The van der Waals surface area contributed by atoms with Crippen LogP contribution in [0.2, 0.25) is 0 Å². The molecule has 0 aliphatic heterocycles. The van der Waals surface area contributed by atoms with Crippen molar-refractivity contribution in [2.45, 2.75) is 25.3 Å². The van der Waals surface area contributed by atoms with Gasteiger partial charge in [-0.25, -0.2) is 0 Å². The van der Waals surface area contributed by atoms with Crippen LogP contribution in [0.5, 0.6) is 5.75 Å². The van der Waals surface area contributed by atoms with E-state index in [0.29, 0.717) is 12.2 Å². The van der Waals surface area contributed by atoms with Crippen molar-refractivity contribution in [2.75, 3.05) is 12.9 Å². The van der Waals surface area contributed by atoms with Crippen LogP contribution in [0.3, 0.4) is 0 Å². The number of amides is 1. The zero-order valence-corrected chi connectivity index (χ0v) is 12.7. The summed E-state index contributed by atoms with van der Waals surface area (Å²) in [6.07, 6.45) is 2.33. The molecule has 1 aliphatic rings. The Labute approximate surface area is 121 Å². The van der Waals surface area contributed by atoms with Crippen LogP contribution in [-0.4, -0.2) is 18.8 Å². The molecule has 0 heterocycles. The van der Waals surface area contributed by atoms with Gasteiger partial charge in [0.25, 0.3) is 0 Å². The molecule has 0 fully saturated rings. The summed E-state index contributed by atoms with van der Waals surface area (Å²) >= 11 is 7.63. The fourth-order valence-corrected chi connectivity index (χ4v) is 3.12. The van der Waals surface area contributed by atoms with Crippen molar-refractivity contribution in [3.8, 4) is 5.75 Å². The molecule has 2 rings (SSSR count). The van der Waals surface area contributed by atoms with E-state index >= 15 is 0 Å². The molecule has 1 aromatic rings. The number of thiol groups is 1. The highest BCUT2D eigenvalue weighted by Crippen LogP contribution is 2.41. The van der Waals surface area contributed by atoms with Gasteiger partial charge in [-0.1, -0.05) is 15.9 Å². The van der Waals surface area contributed by atoms with E-state index in [4.69, 9.17) is 4.74 Å². The van der Waals surface area contributed by atoms with Crippen molar-refractivity contribution >= 4 is 34.5 Å². The molecule has 1 aliphatic carbocycles. The van der Waals surface area contributed by atoms with Gasteiger partial charge in [-0.05, 0) is 36.3 Å². The van der Waals surface area contributed by atoms with Crippen molar-refractivity contribution in [3.63, 3.8) is 0 Å². The number of fused-ring (bicyclic) bond motifs is 1. The number of carbonyl (C=O) groups is 1. The van der Waals surface area contributed by atoms with Crippen LogP contribution in [0.1, 0.15) is 30.0 Å². The Hall–Kier alpha value is -0.680. The minimum Gasteiger partial charge on any atom is -0.496 e. The lowest BCUT2D eigenvalue weighted by molar-refractivity contribution is -0.121. The second-order valence-corrected chi connectivity index (χ2v) is 5.58. The van der Waals surface area contributed by atoms with Crippen molar-refractivity contribution in [2.24, 2.45) is 0 Å².